The highest BCUT2D eigenvalue weighted by Gasteiger charge is 2.17. The molecule has 0 fully saturated rings. The first-order valence-electron chi connectivity index (χ1n) is 29.9. The van der Waals surface area contributed by atoms with Crippen molar-refractivity contribution in [1.82, 2.24) is 79.0 Å². The lowest BCUT2D eigenvalue weighted by Crippen LogP contribution is -2.18. The SMILES string of the molecule is CCC(C)CC(=O)Nc1ccc(-n2ncc3c(N)ncnc32)cc1.CCCCS(=O)(=O)Nc1ccc(-n2ncc3c(N)ncnc32)cc1.Nc1ncnc2c1cnn2-c1ccc(NC(=O)Nc2ccsc2)cc1.Nc1ncnc2c1cnn2-c1ccc(NC(=O)c2cccs2)cc1. The number of anilines is 9. The lowest BCUT2D eigenvalue weighted by Gasteiger charge is -2.10. The van der Waals surface area contributed by atoms with Crippen molar-refractivity contribution >= 4 is 146 Å². The number of nitrogens with one attached hydrogen (secondary N) is 5. The zero-order valence-corrected chi connectivity index (χ0v) is 54.6. The molecule has 14 rings (SSSR count). The van der Waals surface area contributed by atoms with Crippen LogP contribution in [0, 0.1) is 5.92 Å². The van der Waals surface area contributed by atoms with Crippen LogP contribution in [0.1, 0.15) is 56.1 Å². The van der Waals surface area contributed by atoms with Gasteiger partial charge in [0.1, 0.15) is 48.6 Å². The summed E-state index contributed by atoms with van der Waals surface area (Å²) in [4.78, 5) is 69.3. The minimum Gasteiger partial charge on any atom is -0.383 e. The van der Waals surface area contributed by atoms with Gasteiger partial charge in [-0.05, 0) is 132 Å². The van der Waals surface area contributed by atoms with Crippen LogP contribution >= 0.6 is 22.7 Å². The fourth-order valence-electron chi connectivity index (χ4n) is 9.40. The monoisotopic (exact) mass is 1360 g/mol. The lowest BCUT2D eigenvalue weighted by atomic mass is 10.1. The smallest absolute Gasteiger partial charge is 0.323 e. The summed E-state index contributed by atoms with van der Waals surface area (Å²) in [6.07, 6.45) is 15.1. The second kappa shape index (κ2) is 30.2. The zero-order chi connectivity index (χ0) is 68.0. The van der Waals surface area contributed by atoms with E-state index < -0.39 is 10.0 Å². The van der Waals surface area contributed by atoms with Gasteiger partial charge in [0.2, 0.25) is 15.9 Å². The van der Waals surface area contributed by atoms with Gasteiger partial charge in [-0.25, -0.2) is 71.8 Å². The highest BCUT2D eigenvalue weighted by Crippen LogP contribution is 2.26. The van der Waals surface area contributed by atoms with Crippen molar-refractivity contribution in [3.05, 3.63) is 186 Å². The first-order chi connectivity index (χ1) is 47.0. The largest absolute Gasteiger partial charge is 0.383 e. The van der Waals surface area contributed by atoms with E-state index in [1.54, 1.807) is 86.0 Å². The van der Waals surface area contributed by atoms with Gasteiger partial charge in [-0.2, -0.15) is 31.7 Å². The van der Waals surface area contributed by atoms with E-state index in [2.05, 4.69) is 100 Å². The normalized spacial score (nSPS) is 11.4. The number of urea groups is 1. The summed E-state index contributed by atoms with van der Waals surface area (Å²) in [6, 6.07) is 34.2. The second-order valence-corrected chi connectivity index (χ2v) is 25.0. The summed E-state index contributed by atoms with van der Waals surface area (Å²) < 4.78 is 33.1. The van der Waals surface area contributed by atoms with Gasteiger partial charge in [-0.15, -0.1) is 11.3 Å². The van der Waals surface area contributed by atoms with E-state index >= 15 is 0 Å². The topological polar surface area (TPSA) is 424 Å². The zero-order valence-electron chi connectivity index (χ0n) is 52.2. The minimum absolute atomic E-state index is 0.0298. The molecule has 13 N–H and O–H groups in total. The van der Waals surface area contributed by atoms with Crippen molar-refractivity contribution in [2.24, 2.45) is 5.92 Å². The van der Waals surface area contributed by atoms with Gasteiger partial charge in [-0.3, -0.25) is 14.3 Å². The van der Waals surface area contributed by atoms with Crippen LogP contribution in [-0.4, -0.2) is 111 Å². The van der Waals surface area contributed by atoms with E-state index in [0.29, 0.717) is 108 Å². The number of unbranched alkanes of at least 4 members (excludes halogenated alkanes) is 1. The molecule has 1 atom stereocenters. The molecule has 30 nitrogen and oxygen atoms in total. The van der Waals surface area contributed by atoms with Crippen molar-refractivity contribution in [3.8, 4) is 22.7 Å². The Morgan fingerprint density at radius 2 is 0.876 bits per heavy atom. The van der Waals surface area contributed by atoms with Crippen molar-refractivity contribution in [2.75, 3.05) is 54.7 Å². The molecular weight excluding hydrogens is 1300 g/mol. The molecule has 97 heavy (non-hydrogen) atoms. The Bertz CT molecular complexity index is 5120. The molecule has 0 aliphatic carbocycles. The maximum Gasteiger partial charge on any atom is 0.323 e. The van der Waals surface area contributed by atoms with Gasteiger partial charge < -0.3 is 44.2 Å². The molecule has 0 aliphatic rings. The third kappa shape index (κ3) is 16.2. The number of rotatable bonds is 17. The van der Waals surface area contributed by atoms with Gasteiger partial charge in [0.25, 0.3) is 5.91 Å². The summed E-state index contributed by atoms with van der Waals surface area (Å²) >= 11 is 2.92. The van der Waals surface area contributed by atoms with Crippen molar-refractivity contribution in [3.63, 3.8) is 0 Å². The number of carbonyl (C=O) groups is 3. The number of aromatic nitrogens is 16. The van der Waals surface area contributed by atoms with E-state index in [0.717, 1.165) is 47.0 Å². The number of thiophene rings is 2. The molecule has 0 aliphatic heterocycles. The molecule has 0 spiro atoms. The number of carbonyl (C=O) groups excluding carboxylic acids is 3. The van der Waals surface area contributed by atoms with E-state index in [4.69, 9.17) is 22.9 Å². The van der Waals surface area contributed by atoms with Gasteiger partial charge in [-0.1, -0.05) is 39.7 Å². The summed E-state index contributed by atoms with van der Waals surface area (Å²) in [5, 5.41) is 36.9. The maximum absolute atomic E-state index is 12.1. The summed E-state index contributed by atoms with van der Waals surface area (Å²) in [7, 11) is -3.31. The summed E-state index contributed by atoms with van der Waals surface area (Å²) in [5.74, 6) is 1.96. The molecule has 14 aromatic rings. The van der Waals surface area contributed by atoms with Crippen molar-refractivity contribution < 1.29 is 22.8 Å². The maximum atomic E-state index is 12.1. The van der Waals surface area contributed by atoms with E-state index in [1.807, 2.05) is 95.9 Å². The number of hydrogen-bond donors (Lipinski definition) is 9. The van der Waals surface area contributed by atoms with E-state index in [1.165, 1.54) is 48.0 Å². The van der Waals surface area contributed by atoms with E-state index in [-0.39, 0.29) is 23.6 Å². The molecule has 0 saturated carbocycles. The molecule has 0 saturated heterocycles. The highest BCUT2D eigenvalue weighted by atomic mass is 32.2. The highest BCUT2D eigenvalue weighted by molar-refractivity contribution is 7.92. The van der Waals surface area contributed by atoms with Crippen LogP contribution in [0.2, 0.25) is 0 Å². The van der Waals surface area contributed by atoms with Crippen LogP contribution < -0.4 is 48.9 Å². The number of fused-ring (bicyclic) bond motifs is 4. The number of hydrogen-bond acceptors (Lipinski definition) is 23. The fourth-order valence-corrected chi connectivity index (χ4v) is 11.9. The number of nitrogens with two attached hydrogens (primary N) is 4. The first-order valence-corrected chi connectivity index (χ1v) is 33.4. The number of nitrogen functional groups attached to an aromatic ring is 4. The number of amides is 4. The predicted octanol–water partition coefficient (Wildman–Crippen LogP) is 10.5. The first kappa shape index (κ1) is 66.1. The quantitative estimate of drug-likeness (QED) is 0.0409. The summed E-state index contributed by atoms with van der Waals surface area (Å²) in [6.45, 7) is 6.10. The molecule has 1 unspecified atom stereocenters. The van der Waals surface area contributed by atoms with Crippen LogP contribution in [0.25, 0.3) is 66.9 Å². The Kier molecular flexibility index (Phi) is 20.5. The van der Waals surface area contributed by atoms with Gasteiger partial charge >= 0.3 is 6.03 Å². The number of nitrogens with zero attached hydrogens (tertiary/aromatic N) is 16. The molecule has 0 radical (unpaired) electrons. The minimum atomic E-state index is -3.31. The Hall–Kier alpha value is -12.4. The average molecular weight is 1360 g/mol. The Balaban J connectivity index is 0.000000131. The Morgan fingerprint density at radius 1 is 0.485 bits per heavy atom. The molecular formula is C64H63N25O5S3. The van der Waals surface area contributed by atoms with Gasteiger partial charge in [0.05, 0.1) is 85.4 Å². The predicted molar refractivity (Wildman–Crippen MR) is 379 cm³/mol. The molecule has 4 amide bonds. The van der Waals surface area contributed by atoms with Crippen LogP contribution in [0.15, 0.2) is 181 Å². The second-order valence-electron chi connectivity index (χ2n) is 21.5. The number of benzene rings is 4. The summed E-state index contributed by atoms with van der Waals surface area (Å²) in [5.41, 5.74) is 32.4. The third-order valence-electron chi connectivity index (χ3n) is 14.6. The molecule has 33 heteroatoms. The Labute approximate surface area is 561 Å². The van der Waals surface area contributed by atoms with Gasteiger partial charge in [0, 0.05) is 34.6 Å². The van der Waals surface area contributed by atoms with Crippen LogP contribution in [0.4, 0.5) is 56.5 Å². The molecule has 0 bridgehead atoms. The average Bonchev–Trinajstić information content (AvgIpc) is 1.70. The standard InChI is InChI=1S/C17H20N6O.C16H13N7OS.C16H12N6OS.C15H18N6O2S/c1-3-11(2)8-15(24)22-12-4-6-13(7-5-12)23-17-14(9-21-23)16(18)19-10-20-17;17-14-13-7-20-23(15(13)19-9-18-14)12-3-1-10(2-4-12)21-16(24)22-11-5-6-25-8-11;17-14-12-8-20-22(15(12)19-9-18-14)11-5-3-10(4-6-11)21-16(23)13-2-1-7-24-13;1-2-3-8-24(22,23)20-11-4-6-12(7-5-11)21-15-13(9-19-21)14(16)17-10-18-15/h4-7,9-11H,3,8H2,1-2H3,(H,22,24)(H2,18,19,20);1-9H,(H2,17,18,19)(H2,21,22,24);1-9H,(H,21,23)(H2,17,18,19);4-7,9-10,20H,2-3,8H2,1H3,(H2,16,17,18). The van der Waals surface area contributed by atoms with Crippen molar-refractivity contribution in [2.45, 2.75) is 46.5 Å². The van der Waals surface area contributed by atoms with Crippen LogP contribution in [0.5, 0.6) is 0 Å². The molecule has 10 aromatic heterocycles. The van der Waals surface area contributed by atoms with Crippen molar-refractivity contribution in [1.29, 1.82) is 0 Å². The van der Waals surface area contributed by atoms with E-state index in [9.17, 15) is 22.8 Å². The van der Waals surface area contributed by atoms with Crippen LogP contribution in [-0.2, 0) is 14.8 Å². The molecule has 4 aromatic carbocycles. The van der Waals surface area contributed by atoms with Gasteiger partial charge in [0.15, 0.2) is 22.6 Å². The fraction of sp³-hybridized carbons (Fsp3) is 0.141. The molecule has 492 valence electrons. The third-order valence-corrected chi connectivity index (χ3v) is 17.6. The van der Waals surface area contributed by atoms with Crippen LogP contribution in [0.3, 0.4) is 0 Å². The number of sulfonamides is 1. The molecule has 10 heterocycles. The Morgan fingerprint density at radius 3 is 1.25 bits per heavy atom. The lowest BCUT2D eigenvalue weighted by molar-refractivity contribution is -0.117.